The molecule has 4 amide bonds. The smallest absolute Gasteiger partial charge is 0.405 e. The normalized spacial score (nSPS) is 13.0. The van der Waals surface area contributed by atoms with Crippen LogP contribution in [0, 0.1) is 0 Å². The molecule has 1 aliphatic rings. The fraction of sp³-hybridized carbons (Fsp3) is 0.471. The van der Waals surface area contributed by atoms with Gasteiger partial charge in [-0.05, 0) is 18.7 Å². The molecule has 1 heterocycles. The topological polar surface area (TPSA) is 109 Å². The molecule has 3 N–H and O–H groups in total. The molecule has 0 atom stereocenters. The number of halogens is 3. The molecule has 1 aromatic carbocycles. The van der Waals surface area contributed by atoms with E-state index < -0.39 is 30.6 Å². The average molecular weight is 418 g/mol. The predicted molar refractivity (Wildman–Crippen MR) is 95.8 cm³/mol. The SMILES string of the molecule is CCN(CC(=O)NC(=O)NCC(F)(F)F)CC(=O)Nc1ccc2c(c1)OCCO2. The van der Waals surface area contributed by atoms with Crippen molar-refractivity contribution in [3.8, 4) is 11.5 Å². The molecule has 0 fully saturated rings. The van der Waals surface area contributed by atoms with Crippen LogP contribution in [-0.2, 0) is 9.59 Å². The Labute approximate surface area is 164 Å². The molecule has 0 saturated carbocycles. The Morgan fingerprint density at radius 3 is 2.38 bits per heavy atom. The first kappa shape index (κ1) is 22.3. The quantitative estimate of drug-likeness (QED) is 0.612. The van der Waals surface area contributed by atoms with Crippen molar-refractivity contribution in [1.29, 1.82) is 0 Å². The van der Waals surface area contributed by atoms with Crippen LogP contribution in [-0.4, -0.2) is 68.3 Å². The van der Waals surface area contributed by atoms with E-state index >= 15 is 0 Å². The largest absolute Gasteiger partial charge is 0.486 e. The van der Waals surface area contributed by atoms with Crippen LogP contribution in [0.4, 0.5) is 23.7 Å². The zero-order chi connectivity index (χ0) is 21.4. The predicted octanol–water partition coefficient (Wildman–Crippen LogP) is 1.11. The van der Waals surface area contributed by atoms with Crippen LogP contribution in [0.3, 0.4) is 0 Å². The zero-order valence-electron chi connectivity index (χ0n) is 15.6. The summed E-state index contributed by atoms with van der Waals surface area (Å²) in [7, 11) is 0. The van der Waals surface area contributed by atoms with Gasteiger partial charge in [-0.15, -0.1) is 0 Å². The number of amides is 4. The van der Waals surface area contributed by atoms with Crippen LogP contribution in [0.2, 0.25) is 0 Å². The van der Waals surface area contributed by atoms with Gasteiger partial charge in [0.2, 0.25) is 11.8 Å². The third-order valence-corrected chi connectivity index (χ3v) is 3.71. The zero-order valence-corrected chi connectivity index (χ0v) is 15.6. The minimum Gasteiger partial charge on any atom is -0.486 e. The maximum absolute atomic E-state index is 12.2. The number of likely N-dealkylation sites (N-methyl/N-ethyl adjacent to an activating group) is 1. The summed E-state index contributed by atoms with van der Waals surface area (Å²) in [5, 5.41) is 5.96. The van der Waals surface area contributed by atoms with Crippen LogP contribution >= 0.6 is 0 Å². The maximum atomic E-state index is 12.2. The minimum atomic E-state index is -4.58. The fourth-order valence-electron chi connectivity index (χ4n) is 2.40. The molecule has 0 spiro atoms. The number of alkyl halides is 3. The number of fused-ring (bicyclic) bond motifs is 1. The van der Waals surface area contributed by atoms with Crippen LogP contribution in [0.15, 0.2) is 18.2 Å². The highest BCUT2D eigenvalue weighted by Crippen LogP contribution is 2.32. The second-order valence-electron chi connectivity index (χ2n) is 6.06. The number of benzene rings is 1. The lowest BCUT2D eigenvalue weighted by atomic mass is 10.2. The lowest BCUT2D eigenvalue weighted by Gasteiger charge is -2.21. The van der Waals surface area contributed by atoms with Crippen molar-refractivity contribution in [2.45, 2.75) is 13.1 Å². The highest BCUT2D eigenvalue weighted by molar-refractivity contribution is 5.96. The molecule has 1 aromatic rings. The number of rotatable bonds is 7. The van der Waals surface area contributed by atoms with E-state index in [4.69, 9.17) is 9.47 Å². The number of hydrogen-bond donors (Lipinski definition) is 3. The summed E-state index contributed by atoms with van der Waals surface area (Å²) in [6.45, 7) is 0.773. The average Bonchev–Trinajstić information content (AvgIpc) is 2.65. The molecule has 0 aromatic heterocycles. The molecule has 0 radical (unpaired) electrons. The van der Waals surface area contributed by atoms with Crippen molar-refractivity contribution in [1.82, 2.24) is 15.5 Å². The van der Waals surface area contributed by atoms with E-state index in [1.54, 1.807) is 30.4 Å². The first-order chi connectivity index (χ1) is 13.7. The van der Waals surface area contributed by atoms with Gasteiger partial charge in [-0.25, -0.2) is 4.79 Å². The van der Waals surface area contributed by atoms with Gasteiger partial charge in [0.05, 0.1) is 13.1 Å². The van der Waals surface area contributed by atoms with Gasteiger partial charge in [0.1, 0.15) is 19.8 Å². The molecule has 29 heavy (non-hydrogen) atoms. The van der Waals surface area contributed by atoms with E-state index in [2.05, 4.69) is 5.32 Å². The summed E-state index contributed by atoms with van der Waals surface area (Å²) in [4.78, 5) is 36.7. The Bertz CT molecular complexity index is 757. The Kier molecular flexibility index (Phi) is 7.65. The molecule has 0 unspecified atom stereocenters. The number of anilines is 1. The number of carbonyl (C=O) groups is 3. The first-order valence-electron chi connectivity index (χ1n) is 8.72. The summed E-state index contributed by atoms with van der Waals surface area (Å²) in [5.41, 5.74) is 0.478. The van der Waals surface area contributed by atoms with Gasteiger partial charge in [0, 0.05) is 11.8 Å². The molecule has 160 valence electrons. The third kappa shape index (κ3) is 7.86. The number of hydrogen-bond acceptors (Lipinski definition) is 6. The Morgan fingerprint density at radius 2 is 1.72 bits per heavy atom. The number of urea groups is 1. The molecular formula is C17H21F3N4O5. The van der Waals surface area contributed by atoms with Crippen LogP contribution < -0.4 is 25.4 Å². The van der Waals surface area contributed by atoms with Crippen LogP contribution in [0.5, 0.6) is 11.5 Å². The Hall–Kier alpha value is -3.02. The molecule has 1 aliphatic heterocycles. The minimum absolute atomic E-state index is 0.164. The van der Waals surface area contributed by atoms with Gasteiger partial charge < -0.3 is 20.1 Å². The van der Waals surface area contributed by atoms with Crippen molar-refractivity contribution in [3.05, 3.63) is 18.2 Å². The van der Waals surface area contributed by atoms with E-state index in [9.17, 15) is 27.6 Å². The van der Waals surface area contributed by atoms with Crippen LogP contribution in [0.25, 0.3) is 0 Å². The number of nitrogens with zero attached hydrogens (tertiary/aromatic N) is 1. The molecule has 0 bridgehead atoms. The monoisotopic (exact) mass is 418 g/mol. The molecule has 0 saturated heterocycles. The van der Waals surface area contributed by atoms with Crippen molar-refractivity contribution in [2.24, 2.45) is 0 Å². The van der Waals surface area contributed by atoms with E-state index in [1.165, 1.54) is 10.2 Å². The van der Waals surface area contributed by atoms with E-state index in [0.717, 1.165) is 0 Å². The van der Waals surface area contributed by atoms with Crippen LogP contribution in [0.1, 0.15) is 6.92 Å². The summed E-state index contributed by atoms with van der Waals surface area (Å²) in [6.07, 6.45) is -4.58. The summed E-state index contributed by atoms with van der Waals surface area (Å²) >= 11 is 0. The van der Waals surface area contributed by atoms with Gasteiger partial charge in [0.25, 0.3) is 0 Å². The summed E-state index contributed by atoms with van der Waals surface area (Å²) in [6, 6.07) is 3.65. The first-order valence-corrected chi connectivity index (χ1v) is 8.72. The Balaban J connectivity index is 1.80. The third-order valence-electron chi connectivity index (χ3n) is 3.71. The highest BCUT2D eigenvalue weighted by atomic mass is 19.4. The maximum Gasteiger partial charge on any atom is 0.405 e. The standard InChI is InChI=1S/C17H21F3N4O5/c1-2-24(9-15(26)23-16(27)21-10-17(18,19)20)8-14(25)22-11-3-4-12-13(7-11)29-6-5-28-12/h3-4,7H,2,5-6,8-10H2,1H3,(H,22,25)(H2,21,23,26,27). The van der Waals surface area contributed by atoms with Gasteiger partial charge in [0.15, 0.2) is 11.5 Å². The summed E-state index contributed by atoms with van der Waals surface area (Å²) < 4.78 is 46.9. The van der Waals surface area contributed by atoms with E-state index in [-0.39, 0.29) is 13.1 Å². The second kappa shape index (κ2) is 9.96. The van der Waals surface area contributed by atoms with Crippen molar-refractivity contribution >= 4 is 23.5 Å². The van der Waals surface area contributed by atoms with Gasteiger partial charge in [-0.1, -0.05) is 6.92 Å². The number of nitrogens with one attached hydrogen (secondary N) is 3. The van der Waals surface area contributed by atoms with Gasteiger partial charge in [-0.3, -0.25) is 19.8 Å². The summed E-state index contributed by atoms with van der Waals surface area (Å²) in [5.74, 6) is -0.174. The van der Waals surface area contributed by atoms with Crippen molar-refractivity contribution in [3.63, 3.8) is 0 Å². The lowest BCUT2D eigenvalue weighted by Crippen LogP contribution is -2.47. The van der Waals surface area contributed by atoms with E-state index in [0.29, 0.717) is 36.9 Å². The fourth-order valence-corrected chi connectivity index (χ4v) is 2.40. The number of imide groups is 1. The molecule has 2 rings (SSSR count). The molecule has 12 heteroatoms. The van der Waals surface area contributed by atoms with Crippen molar-refractivity contribution < 1.29 is 37.0 Å². The molecule has 0 aliphatic carbocycles. The number of ether oxygens (including phenoxy) is 2. The Morgan fingerprint density at radius 1 is 1.07 bits per heavy atom. The van der Waals surface area contributed by atoms with Gasteiger partial charge in [-0.2, -0.15) is 13.2 Å². The number of carbonyl (C=O) groups excluding carboxylic acids is 3. The molecule has 9 nitrogen and oxygen atoms in total. The molecular weight excluding hydrogens is 397 g/mol. The van der Waals surface area contributed by atoms with Crippen molar-refractivity contribution in [2.75, 3.05) is 44.7 Å². The second-order valence-corrected chi connectivity index (χ2v) is 6.06. The highest BCUT2D eigenvalue weighted by Gasteiger charge is 2.28. The lowest BCUT2D eigenvalue weighted by molar-refractivity contribution is -0.125. The van der Waals surface area contributed by atoms with Gasteiger partial charge >= 0.3 is 12.2 Å². The van der Waals surface area contributed by atoms with E-state index in [1.807, 2.05) is 0 Å².